The van der Waals surface area contributed by atoms with Gasteiger partial charge in [-0.05, 0) is 0 Å². The minimum absolute atomic E-state index is 1.48. The van der Waals surface area contributed by atoms with E-state index < -0.39 is 14.2 Å². The Labute approximate surface area is 72.8 Å². The van der Waals surface area contributed by atoms with Gasteiger partial charge in [-0.25, -0.2) is 0 Å². The van der Waals surface area contributed by atoms with E-state index in [1.165, 1.54) is 23.1 Å². The van der Waals surface area contributed by atoms with Gasteiger partial charge in [0.2, 0.25) is 23.1 Å². The van der Waals surface area contributed by atoms with Gasteiger partial charge in [0.15, 0.2) is 10.8 Å². The summed E-state index contributed by atoms with van der Waals surface area (Å²) in [5, 5.41) is 3.90. The van der Waals surface area contributed by atoms with E-state index in [0.717, 1.165) is 0 Å². The Kier molecular flexibility index (Phi) is 2.84. The van der Waals surface area contributed by atoms with Crippen molar-refractivity contribution < 1.29 is 20.8 Å². The van der Waals surface area contributed by atoms with Crippen molar-refractivity contribution in [1.29, 1.82) is 0 Å². The standard InChI is InChI=1S/C2H2NS2.AsF6/c1-2-5-3-4-1;2-1(3,4,5,6)7/h1-2H;/q+1;-1. The first-order chi connectivity index (χ1) is 4.95. The van der Waals surface area contributed by atoms with Gasteiger partial charge in [-0.2, -0.15) is 0 Å². The number of halogens is 6. The van der Waals surface area contributed by atoms with Crippen molar-refractivity contribution in [2.45, 2.75) is 0 Å². The average molecular weight is 293 g/mol. The fourth-order valence-electron chi connectivity index (χ4n) is 0.124. The van der Waals surface area contributed by atoms with Crippen molar-refractivity contribution in [2.24, 2.45) is 0 Å². The van der Waals surface area contributed by atoms with Crippen molar-refractivity contribution in [1.82, 2.24) is 3.76 Å². The summed E-state index contributed by atoms with van der Waals surface area (Å²) < 4.78 is 63.2. The van der Waals surface area contributed by atoms with Gasteiger partial charge < -0.3 is 0 Å². The molecule has 0 bridgehead atoms. The van der Waals surface area contributed by atoms with E-state index in [4.69, 9.17) is 0 Å². The molecular weight excluding hydrogens is 291 g/mol. The van der Waals surface area contributed by atoms with Crippen LogP contribution in [0.3, 0.4) is 0 Å². The van der Waals surface area contributed by atoms with Gasteiger partial charge in [-0.1, -0.05) is 0 Å². The predicted molar refractivity (Wildman–Crippen MR) is 36.8 cm³/mol. The van der Waals surface area contributed by atoms with Crippen LogP contribution in [0.5, 0.6) is 0 Å². The summed E-state index contributed by atoms with van der Waals surface area (Å²) in [6.07, 6.45) is 0. The molecule has 10 heteroatoms. The van der Waals surface area contributed by atoms with Gasteiger partial charge in [0.25, 0.3) is 0 Å². The van der Waals surface area contributed by atoms with Crippen LogP contribution >= 0.6 is 23.1 Å². The van der Waals surface area contributed by atoms with Crippen LogP contribution in [-0.4, -0.2) is 17.9 Å². The van der Waals surface area contributed by atoms with Crippen molar-refractivity contribution in [3.63, 3.8) is 0 Å². The van der Waals surface area contributed by atoms with Crippen LogP contribution < -0.4 is 0 Å². The number of hydrogen-bond donors (Lipinski definition) is 0. The average Bonchev–Trinajstić information content (AvgIpc) is 2.00. The molecule has 1 nitrogen and oxygen atoms in total. The van der Waals surface area contributed by atoms with Gasteiger partial charge >= 0.3 is 35.0 Å². The van der Waals surface area contributed by atoms with Gasteiger partial charge in [-0.3, -0.25) is 0 Å². The molecule has 0 aromatic carbocycles. The molecule has 1 aromatic rings. The first-order valence-corrected chi connectivity index (χ1v) is 8.11. The fourth-order valence-corrected chi connectivity index (χ4v) is 1.12. The fraction of sp³-hybridized carbons (Fsp3) is 0. The van der Waals surface area contributed by atoms with Gasteiger partial charge in [-0.15, -0.1) is 0 Å². The first kappa shape index (κ1) is 12.1. The van der Waals surface area contributed by atoms with E-state index in [-0.39, 0.29) is 0 Å². The van der Waals surface area contributed by atoms with Crippen molar-refractivity contribution in [3.8, 4) is 0 Å². The maximum absolute atomic E-state index is 11.1. The summed E-state index contributed by atoms with van der Waals surface area (Å²) in [7, 11) is 0. The Morgan fingerprint density at radius 1 is 1.08 bits per heavy atom. The van der Waals surface area contributed by atoms with Gasteiger partial charge in [0.1, 0.15) is 0 Å². The molecule has 1 rings (SSSR count). The molecule has 0 radical (unpaired) electrons. The molecule has 0 aliphatic heterocycles. The normalized spacial score (nSPS) is 16.8. The number of nitrogens with zero attached hydrogens (tertiary/aromatic N) is 1. The molecule has 0 saturated carbocycles. The molecular formula is C2H2AsF6NS2. The second kappa shape index (κ2) is 2.81. The number of rotatable bonds is 0. The Hall–Kier alpha value is 0.118. The van der Waals surface area contributed by atoms with Crippen LogP contribution in [0.25, 0.3) is 0 Å². The summed E-state index contributed by atoms with van der Waals surface area (Å²) >= 11 is -8.10. The summed E-state index contributed by atoms with van der Waals surface area (Å²) in [5.74, 6) is 0. The molecule has 0 unspecified atom stereocenters. The molecule has 12 heavy (non-hydrogen) atoms. The molecule has 1 heterocycles. The molecule has 0 saturated heterocycles. The third-order valence-electron chi connectivity index (χ3n) is 0.263. The van der Waals surface area contributed by atoms with Crippen LogP contribution in [0.2, 0.25) is 0 Å². The molecule has 0 atom stereocenters. The maximum atomic E-state index is 9.91. The summed E-state index contributed by atoms with van der Waals surface area (Å²) in [6.45, 7) is 0. The molecule has 0 aliphatic carbocycles. The maximum Gasteiger partial charge on any atom is 0.200 e. The molecule has 0 amide bonds. The SMILES string of the molecule is F[As-](F)(F)(F)(F)F.c1c[s+]ns1. The summed E-state index contributed by atoms with van der Waals surface area (Å²) in [6, 6.07) is 0. The van der Waals surface area contributed by atoms with Crippen molar-refractivity contribution in [3.05, 3.63) is 10.8 Å². The minimum Gasteiger partial charge on any atom is 0.0817 e. The number of aromatic nitrogens is 1. The first-order valence-electron chi connectivity index (χ1n) is 2.18. The Bertz CT molecular complexity index is 195. The van der Waals surface area contributed by atoms with Gasteiger partial charge in [0.05, 0.1) is 3.76 Å². The van der Waals surface area contributed by atoms with Crippen LogP contribution in [0, 0.1) is 0 Å². The monoisotopic (exact) mass is 293 g/mol. The van der Waals surface area contributed by atoms with Crippen molar-refractivity contribution >= 4 is 37.2 Å². The topological polar surface area (TPSA) is 12.9 Å². The third kappa shape index (κ3) is 32.1. The molecule has 0 fully saturated rings. The van der Waals surface area contributed by atoms with E-state index in [0.29, 0.717) is 0 Å². The summed E-state index contributed by atoms with van der Waals surface area (Å²) in [5.41, 5.74) is 0. The quantitative estimate of drug-likeness (QED) is 0.404. The van der Waals surface area contributed by atoms with E-state index in [2.05, 4.69) is 3.76 Å². The molecule has 0 aliphatic rings. The molecule has 1 aromatic heterocycles. The Morgan fingerprint density at radius 3 is 1.58 bits per heavy atom. The predicted octanol–water partition coefficient (Wildman–Crippen LogP) is 3.63. The second-order valence-electron chi connectivity index (χ2n) is 1.52. The largest absolute Gasteiger partial charge is 0.200 e. The number of hydrogen-bond acceptors (Lipinski definition) is 2. The van der Waals surface area contributed by atoms with Crippen LogP contribution in [-0.2, 0) is 0 Å². The molecule has 74 valence electrons. The second-order valence-corrected chi connectivity index (χ2v) is 7.10. The van der Waals surface area contributed by atoms with Crippen LogP contribution in [0.15, 0.2) is 10.8 Å². The minimum atomic E-state index is -11.1. The Balaban J connectivity index is 0.000000211. The van der Waals surface area contributed by atoms with E-state index in [1.807, 2.05) is 10.8 Å². The zero-order valence-electron chi connectivity index (χ0n) is 5.13. The smallest absolute Gasteiger partial charge is 0.0817 e. The van der Waals surface area contributed by atoms with E-state index in [9.17, 15) is 20.8 Å². The van der Waals surface area contributed by atoms with E-state index in [1.54, 1.807) is 0 Å². The molecule has 0 spiro atoms. The Morgan fingerprint density at radius 2 is 1.50 bits per heavy atom. The van der Waals surface area contributed by atoms with Gasteiger partial charge in [0, 0.05) is 0 Å². The summed E-state index contributed by atoms with van der Waals surface area (Å²) in [4.78, 5) is 0. The van der Waals surface area contributed by atoms with Crippen LogP contribution in [0.1, 0.15) is 0 Å². The van der Waals surface area contributed by atoms with E-state index >= 15 is 0 Å². The molecule has 0 N–H and O–H groups in total. The third-order valence-corrected chi connectivity index (χ3v) is 1.64. The zero-order valence-corrected chi connectivity index (χ0v) is 8.64. The zero-order chi connectivity index (χ0) is 9.94. The van der Waals surface area contributed by atoms with Crippen LogP contribution in [0.4, 0.5) is 20.8 Å². The van der Waals surface area contributed by atoms with Crippen molar-refractivity contribution in [2.75, 3.05) is 0 Å².